The van der Waals surface area contributed by atoms with Gasteiger partial charge in [-0.1, -0.05) is 51.5 Å². The van der Waals surface area contributed by atoms with Crippen LogP contribution in [0.4, 0.5) is 5.69 Å². The van der Waals surface area contributed by atoms with Crippen molar-refractivity contribution in [1.29, 1.82) is 0 Å². The maximum absolute atomic E-state index is 13.2. The highest BCUT2D eigenvalue weighted by atomic mass is 79.9. The summed E-state index contributed by atoms with van der Waals surface area (Å²) >= 11 is 6.87. The van der Waals surface area contributed by atoms with E-state index < -0.39 is 0 Å². The quantitative estimate of drug-likeness (QED) is 0.424. The number of halogens is 1. The summed E-state index contributed by atoms with van der Waals surface area (Å²) in [6, 6.07) is 16.3. The molecule has 2 heterocycles. The Balaban J connectivity index is 1.37. The van der Waals surface area contributed by atoms with Gasteiger partial charge in [0.15, 0.2) is 0 Å². The lowest BCUT2D eigenvalue weighted by Crippen LogP contribution is -2.34. The first-order valence-corrected chi connectivity index (χ1v) is 14.0. The van der Waals surface area contributed by atoms with E-state index in [9.17, 15) is 9.59 Å². The molecule has 1 amide bonds. The molecule has 0 spiro atoms. The van der Waals surface area contributed by atoms with E-state index in [-0.39, 0.29) is 23.2 Å². The summed E-state index contributed by atoms with van der Waals surface area (Å²) in [7, 11) is 0. The predicted molar refractivity (Wildman–Crippen MR) is 138 cm³/mol. The molecule has 0 radical (unpaired) electrons. The van der Waals surface area contributed by atoms with Crippen LogP contribution in [0, 0.1) is 24.7 Å². The summed E-state index contributed by atoms with van der Waals surface area (Å²) in [5.74, 6) is 2.11. The average Bonchev–Trinajstić information content (AvgIpc) is 3.47. The van der Waals surface area contributed by atoms with Crippen LogP contribution >= 0.6 is 39.0 Å². The Morgan fingerprint density at radius 1 is 1.15 bits per heavy atom. The molecule has 3 aliphatic rings. The Bertz CT molecular complexity index is 1300. The molecule has 5 atom stereocenters. The summed E-state index contributed by atoms with van der Waals surface area (Å²) in [5, 5.41) is 4.51. The summed E-state index contributed by atoms with van der Waals surface area (Å²) in [6.45, 7) is 2.06. The van der Waals surface area contributed by atoms with Gasteiger partial charge in [0.25, 0.3) is 0 Å². The first-order chi connectivity index (χ1) is 16.0. The van der Waals surface area contributed by atoms with Crippen molar-refractivity contribution >= 4 is 50.6 Å². The van der Waals surface area contributed by atoms with Crippen LogP contribution in [0.2, 0.25) is 0 Å². The van der Waals surface area contributed by atoms with Crippen LogP contribution in [0.15, 0.2) is 62.8 Å². The van der Waals surface area contributed by atoms with E-state index in [1.807, 2.05) is 43.0 Å². The second-order valence-corrected chi connectivity index (χ2v) is 12.6. The third-order valence-electron chi connectivity index (χ3n) is 7.50. The molecule has 33 heavy (non-hydrogen) atoms. The number of hydrogen-bond acceptors (Lipinski definition) is 4. The zero-order chi connectivity index (χ0) is 22.7. The van der Waals surface area contributed by atoms with Gasteiger partial charge in [0.2, 0.25) is 5.91 Å². The van der Waals surface area contributed by atoms with Gasteiger partial charge in [-0.25, -0.2) is 0 Å². The smallest absolute Gasteiger partial charge is 0.308 e. The van der Waals surface area contributed by atoms with Gasteiger partial charge in [0.05, 0.1) is 5.03 Å². The largest absolute Gasteiger partial charge is 0.325 e. The number of aryl methyl sites for hydroxylation is 1. The third kappa shape index (κ3) is 3.82. The minimum atomic E-state index is -0.155. The molecular weight excluding hydrogens is 516 g/mol. The maximum Gasteiger partial charge on any atom is 0.308 e. The average molecular weight is 542 g/mol. The van der Waals surface area contributed by atoms with Crippen molar-refractivity contribution in [3.63, 3.8) is 0 Å². The van der Waals surface area contributed by atoms with Crippen LogP contribution < -0.4 is 10.2 Å². The van der Waals surface area contributed by atoms with Gasteiger partial charge >= 0.3 is 4.87 Å². The fourth-order valence-electron chi connectivity index (χ4n) is 6.23. The SMILES string of the molecule is Cc1cccc(NC(=O)Cn2c3c(sc2=O)[C@H](c2cccc(Br)c2)C2C4CCC(C4)C2S3)c1. The number of carbonyl (C=O) groups is 1. The van der Waals surface area contributed by atoms with Crippen molar-refractivity contribution in [3.05, 3.63) is 78.7 Å². The zero-order valence-corrected chi connectivity index (χ0v) is 21.5. The second-order valence-electron chi connectivity index (χ2n) is 9.57. The lowest BCUT2D eigenvalue weighted by molar-refractivity contribution is -0.116. The standard InChI is InChI=1S/C26H25BrN2O2S2/c1-14-4-2-7-19(10-14)28-20(30)13-29-25-24(33-26(29)31)22(15-5-3-6-18(27)12-15)21-16-8-9-17(11-16)23(21)32-25/h2-7,10,12,16-17,21-23H,8-9,11,13H2,1H3,(H,28,30)/t16?,17?,21?,22-,23?/m1/s1. The number of thiazole rings is 1. The first kappa shape index (κ1) is 21.7. The van der Waals surface area contributed by atoms with Crippen LogP contribution in [-0.2, 0) is 11.3 Å². The Labute approximate surface area is 209 Å². The number of amides is 1. The van der Waals surface area contributed by atoms with Crippen molar-refractivity contribution in [3.8, 4) is 0 Å². The molecule has 2 saturated carbocycles. The molecule has 2 bridgehead atoms. The molecule has 0 saturated heterocycles. The van der Waals surface area contributed by atoms with Crippen molar-refractivity contribution in [2.24, 2.45) is 17.8 Å². The third-order valence-corrected chi connectivity index (χ3v) is 10.8. The van der Waals surface area contributed by atoms with Gasteiger partial charge in [-0.2, -0.15) is 0 Å². The number of fused-ring (bicyclic) bond motifs is 6. The topological polar surface area (TPSA) is 51.1 Å². The highest BCUT2D eigenvalue weighted by molar-refractivity contribution is 9.10. The minimum absolute atomic E-state index is 0.0285. The van der Waals surface area contributed by atoms with E-state index in [0.29, 0.717) is 11.2 Å². The fraction of sp³-hybridized carbons (Fsp3) is 0.385. The van der Waals surface area contributed by atoms with Crippen molar-refractivity contribution in [1.82, 2.24) is 4.57 Å². The van der Waals surface area contributed by atoms with Crippen molar-refractivity contribution in [2.45, 2.75) is 48.9 Å². The molecule has 4 unspecified atom stereocenters. The number of carbonyl (C=O) groups excluding carboxylic acids is 1. The van der Waals surface area contributed by atoms with E-state index in [2.05, 4.69) is 45.5 Å². The number of hydrogen-bond donors (Lipinski definition) is 1. The number of benzene rings is 2. The molecule has 2 fully saturated rings. The lowest BCUT2D eigenvalue weighted by Gasteiger charge is -2.40. The van der Waals surface area contributed by atoms with Gasteiger partial charge in [0.1, 0.15) is 6.54 Å². The highest BCUT2D eigenvalue weighted by Crippen LogP contribution is 2.64. The lowest BCUT2D eigenvalue weighted by atomic mass is 9.75. The number of thioether (sulfide) groups is 1. The molecule has 2 aromatic carbocycles. The number of aromatic nitrogens is 1. The van der Waals surface area contributed by atoms with Crippen LogP contribution in [-0.4, -0.2) is 15.7 Å². The van der Waals surface area contributed by atoms with Crippen LogP contribution in [0.1, 0.15) is 41.2 Å². The normalized spacial score (nSPS) is 27.3. The Hall–Kier alpha value is -1.83. The molecule has 6 rings (SSSR count). The summed E-state index contributed by atoms with van der Waals surface area (Å²) in [5.41, 5.74) is 3.14. The van der Waals surface area contributed by atoms with Gasteiger partial charge in [-0.15, -0.1) is 11.8 Å². The molecule has 4 nitrogen and oxygen atoms in total. The molecule has 1 aromatic heterocycles. The Kier molecular flexibility index (Phi) is 5.54. The molecule has 170 valence electrons. The van der Waals surface area contributed by atoms with E-state index in [4.69, 9.17) is 0 Å². The molecular formula is C26H25BrN2O2S2. The Morgan fingerprint density at radius 2 is 1.97 bits per heavy atom. The number of rotatable bonds is 4. The first-order valence-electron chi connectivity index (χ1n) is 11.5. The zero-order valence-electron chi connectivity index (χ0n) is 18.3. The Morgan fingerprint density at radius 3 is 2.79 bits per heavy atom. The van der Waals surface area contributed by atoms with E-state index in [1.165, 1.54) is 36.2 Å². The molecule has 7 heteroatoms. The van der Waals surface area contributed by atoms with E-state index in [0.717, 1.165) is 37.5 Å². The molecule has 2 aliphatic carbocycles. The molecule has 1 aliphatic heterocycles. The van der Waals surface area contributed by atoms with Crippen LogP contribution in [0.3, 0.4) is 0 Å². The number of nitrogens with zero attached hydrogens (tertiary/aromatic N) is 1. The van der Waals surface area contributed by atoms with E-state index >= 15 is 0 Å². The van der Waals surface area contributed by atoms with Gasteiger partial charge < -0.3 is 5.32 Å². The van der Waals surface area contributed by atoms with Gasteiger partial charge in [0, 0.05) is 26.2 Å². The van der Waals surface area contributed by atoms with E-state index in [1.54, 1.807) is 4.57 Å². The number of anilines is 1. The fourth-order valence-corrected chi connectivity index (χ4v) is 9.80. The maximum atomic E-state index is 13.2. The van der Waals surface area contributed by atoms with Gasteiger partial charge in [-0.05, 0) is 79.3 Å². The summed E-state index contributed by atoms with van der Waals surface area (Å²) in [4.78, 5) is 27.2. The number of nitrogens with one attached hydrogen (secondary N) is 1. The van der Waals surface area contributed by atoms with Crippen molar-refractivity contribution < 1.29 is 4.79 Å². The molecule has 3 aromatic rings. The van der Waals surface area contributed by atoms with Gasteiger partial charge in [-0.3, -0.25) is 14.2 Å². The van der Waals surface area contributed by atoms with Crippen LogP contribution in [0.25, 0.3) is 0 Å². The highest BCUT2D eigenvalue weighted by Gasteiger charge is 2.55. The second kappa shape index (κ2) is 8.43. The predicted octanol–water partition coefficient (Wildman–Crippen LogP) is 6.27. The summed E-state index contributed by atoms with van der Waals surface area (Å²) in [6.07, 6.45) is 3.90. The monoisotopic (exact) mass is 540 g/mol. The van der Waals surface area contributed by atoms with Crippen molar-refractivity contribution in [2.75, 3.05) is 5.32 Å². The summed E-state index contributed by atoms with van der Waals surface area (Å²) < 4.78 is 2.80. The minimum Gasteiger partial charge on any atom is -0.325 e. The molecule has 1 N–H and O–H groups in total. The van der Waals surface area contributed by atoms with Crippen LogP contribution in [0.5, 0.6) is 0 Å².